The molecule has 0 aliphatic heterocycles. The molecule has 24 heavy (non-hydrogen) atoms. The molecule has 2 aromatic carbocycles. The van der Waals surface area contributed by atoms with Crippen LogP contribution >= 0.6 is 11.6 Å². The number of aliphatic hydroxyl groups is 1. The third-order valence-corrected chi connectivity index (χ3v) is 3.94. The molecule has 0 aliphatic carbocycles. The van der Waals surface area contributed by atoms with Gasteiger partial charge in [-0.1, -0.05) is 23.7 Å². The van der Waals surface area contributed by atoms with Gasteiger partial charge in [-0.05, 0) is 55.3 Å². The fraction of sp³-hybridized carbons (Fsp3) is 0.278. The fourth-order valence-electron chi connectivity index (χ4n) is 2.12. The summed E-state index contributed by atoms with van der Waals surface area (Å²) in [7, 11) is 0. The lowest BCUT2D eigenvalue weighted by Crippen LogP contribution is -2.38. The molecule has 4 nitrogen and oxygen atoms in total. The standard InChI is InChI=1S/C18H19ClFNO3/c1-11-8-15(6-7-16(11)19)24-12(2)18(23)21-10-17(22)13-4-3-5-14(20)9-13/h3-9,12,17,22H,10H2,1-2H3,(H,21,23). The first kappa shape index (κ1) is 18.2. The van der Waals surface area contributed by atoms with Crippen molar-refractivity contribution in [1.82, 2.24) is 5.32 Å². The molecule has 2 rings (SSSR count). The van der Waals surface area contributed by atoms with Gasteiger partial charge in [-0.3, -0.25) is 4.79 Å². The number of aliphatic hydroxyl groups excluding tert-OH is 1. The van der Waals surface area contributed by atoms with Gasteiger partial charge in [0, 0.05) is 11.6 Å². The van der Waals surface area contributed by atoms with Crippen LogP contribution in [0.3, 0.4) is 0 Å². The van der Waals surface area contributed by atoms with E-state index in [1.807, 2.05) is 6.92 Å². The van der Waals surface area contributed by atoms with Gasteiger partial charge < -0.3 is 15.2 Å². The van der Waals surface area contributed by atoms with Crippen LogP contribution < -0.4 is 10.1 Å². The molecule has 128 valence electrons. The summed E-state index contributed by atoms with van der Waals surface area (Å²) in [5.41, 5.74) is 1.25. The Balaban J connectivity index is 1.88. The van der Waals surface area contributed by atoms with Gasteiger partial charge in [0.1, 0.15) is 11.6 Å². The number of nitrogens with one attached hydrogen (secondary N) is 1. The highest BCUT2D eigenvalue weighted by Crippen LogP contribution is 2.22. The van der Waals surface area contributed by atoms with Gasteiger partial charge >= 0.3 is 0 Å². The smallest absolute Gasteiger partial charge is 0.260 e. The number of halogens is 2. The van der Waals surface area contributed by atoms with Crippen LogP contribution in [0.4, 0.5) is 4.39 Å². The van der Waals surface area contributed by atoms with Crippen molar-refractivity contribution in [2.45, 2.75) is 26.1 Å². The lowest BCUT2D eigenvalue weighted by Gasteiger charge is -2.17. The highest BCUT2D eigenvalue weighted by molar-refractivity contribution is 6.31. The van der Waals surface area contributed by atoms with Crippen LogP contribution in [0.25, 0.3) is 0 Å². The van der Waals surface area contributed by atoms with E-state index in [0.29, 0.717) is 16.3 Å². The average molecular weight is 352 g/mol. The van der Waals surface area contributed by atoms with Crippen molar-refractivity contribution in [3.8, 4) is 5.75 Å². The summed E-state index contributed by atoms with van der Waals surface area (Å²) in [5.74, 6) is -0.282. The van der Waals surface area contributed by atoms with E-state index in [9.17, 15) is 14.3 Å². The summed E-state index contributed by atoms with van der Waals surface area (Å²) in [6.45, 7) is 3.42. The quantitative estimate of drug-likeness (QED) is 0.838. The maximum atomic E-state index is 13.1. The first-order valence-corrected chi connectivity index (χ1v) is 7.88. The summed E-state index contributed by atoms with van der Waals surface area (Å²) in [5, 5.41) is 13.2. The van der Waals surface area contributed by atoms with Gasteiger partial charge in [0.15, 0.2) is 6.10 Å². The minimum absolute atomic E-state index is 0.0321. The number of rotatable bonds is 6. The van der Waals surface area contributed by atoms with Crippen molar-refractivity contribution < 1.29 is 19.0 Å². The molecule has 0 spiro atoms. The Bertz CT molecular complexity index is 723. The number of aryl methyl sites for hydroxylation is 1. The van der Waals surface area contributed by atoms with E-state index in [-0.39, 0.29) is 12.5 Å². The Morgan fingerprint density at radius 1 is 1.33 bits per heavy atom. The number of ether oxygens (including phenoxy) is 1. The topological polar surface area (TPSA) is 58.6 Å². The normalized spacial score (nSPS) is 13.2. The first-order chi connectivity index (χ1) is 11.4. The zero-order chi connectivity index (χ0) is 17.7. The molecule has 1 amide bonds. The number of carbonyl (C=O) groups excluding carboxylic acids is 1. The Morgan fingerprint density at radius 3 is 2.75 bits per heavy atom. The van der Waals surface area contributed by atoms with E-state index in [2.05, 4.69) is 5.32 Å². The van der Waals surface area contributed by atoms with Crippen molar-refractivity contribution in [1.29, 1.82) is 0 Å². The third-order valence-electron chi connectivity index (χ3n) is 3.51. The Morgan fingerprint density at radius 2 is 2.08 bits per heavy atom. The maximum absolute atomic E-state index is 13.1. The van der Waals surface area contributed by atoms with Crippen LogP contribution in [0.5, 0.6) is 5.75 Å². The summed E-state index contributed by atoms with van der Waals surface area (Å²) < 4.78 is 18.7. The van der Waals surface area contributed by atoms with Crippen LogP contribution in [-0.2, 0) is 4.79 Å². The van der Waals surface area contributed by atoms with Crippen molar-refractivity contribution >= 4 is 17.5 Å². The molecule has 6 heteroatoms. The number of carbonyl (C=O) groups is 1. The minimum atomic E-state index is -0.991. The molecular formula is C18H19ClFNO3. The molecule has 0 aliphatic rings. The van der Waals surface area contributed by atoms with Crippen LogP contribution in [0, 0.1) is 12.7 Å². The Hall–Kier alpha value is -2.11. The molecule has 2 aromatic rings. The lowest BCUT2D eigenvalue weighted by molar-refractivity contribution is -0.127. The average Bonchev–Trinajstić information content (AvgIpc) is 2.55. The highest BCUT2D eigenvalue weighted by atomic mass is 35.5. The maximum Gasteiger partial charge on any atom is 0.260 e. The minimum Gasteiger partial charge on any atom is -0.481 e. The van der Waals surface area contributed by atoms with Crippen LogP contribution in [-0.4, -0.2) is 23.7 Å². The zero-order valence-corrected chi connectivity index (χ0v) is 14.2. The van der Waals surface area contributed by atoms with E-state index in [1.54, 1.807) is 31.2 Å². The van der Waals surface area contributed by atoms with Gasteiger partial charge in [-0.2, -0.15) is 0 Å². The van der Waals surface area contributed by atoms with E-state index < -0.39 is 18.0 Å². The molecule has 2 atom stereocenters. The van der Waals surface area contributed by atoms with E-state index in [1.165, 1.54) is 18.2 Å². The van der Waals surface area contributed by atoms with Crippen LogP contribution in [0.15, 0.2) is 42.5 Å². The predicted octanol–water partition coefficient (Wildman–Crippen LogP) is 3.40. The number of hydrogen-bond acceptors (Lipinski definition) is 3. The second-order valence-electron chi connectivity index (χ2n) is 5.49. The number of amides is 1. The Kier molecular flexibility index (Phi) is 6.17. The summed E-state index contributed by atoms with van der Waals surface area (Å²) in [4.78, 5) is 12.1. The lowest BCUT2D eigenvalue weighted by atomic mass is 10.1. The van der Waals surface area contributed by atoms with Crippen molar-refractivity contribution in [2.24, 2.45) is 0 Å². The second-order valence-corrected chi connectivity index (χ2v) is 5.89. The van der Waals surface area contributed by atoms with Gasteiger partial charge in [0.25, 0.3) is 5.91 Å². The SMILES string of the molecule is Cc1cc(OC(C)C(=O)NCC(O)c2cccc(F)c2)ccc1Cl. The molecule has 0 bridgehead atoms. The molecule has 0 fully saturated rings. The van der Waals surface area contributed by atoms with Crippen molar-refractivity contribution in [2.75, 3.05) is 6.54 Å². The molecule has 2 unspecified atom stereocenters. The summed E-state index contributed by atoms with van der Waals surface area (Å²) in [6.07, 6.45) is -1.74. The van der Waals surface area contributed by atoms with E-state index >= 15 is 0 Å². The molecular weight excluding hydrogens is 333 g/mol. The fourth-order valence-corrected chi connectivity index (χ4v) is 2.24. The van der Waals surface area contributed by atoms with E-state index in [4.69, 9.17) is 16.3 Å². The molecule has 0 saturated heterocycles. The van der Waals surface area contributed by atoms with Crippen LogP contribution in [0.2, 0.25) is 5.02 Å². The Labute approximate surface area is 145 Å². The van der Waals surface area contributed by atoms with Crippen molar-refractivity contribution in [3.63, 3.8) is 0 Å². The van der Waals surface area contributed by atoms with Gasteiger partial charge in [0.05, 0.1) is 6.10 Å². The van der Waals surface area contributed by atoms with Crippen LogP contribution in [0.1, 0.15) is 24.2 Å². The summed E-state index contributed by atoms with van der Waals surface area (Å²) in [6, 6.07) is 10.7. The molecule has 2 N–H and O–H groups in total. The number of benzene rings is 2. The highest BCUT2D eigenvalue weighted by Gasteiger charge is 2.17. The molecule has 0 heterocycles. The monoisotopic (exact) mass is 351 g/mol. The molecule has 0 radical (unpaired) electrons. The van der Waals surface area contributed by atoms with Gasteiger partial charge in [0.2, 0.25) is 0 Å². The molecule has 0 saturated carbocycles. The molecule has 0 aromatic heterocycles. The first-order valence-electron chi connectivity index (χ1n) is 7.51. The third kappa shape index (κ3) is 4.94. The second kappa shape index (κ2) is 8.13. The number of hydrogen-bond donors (Lipinski definition) is 2. The predicted molar refractivity (Wildman–Crippen MR) is 90.6 cm³/mol. The van der Waals surface area contributed by atoms with Gasteiger partial charge in [-0.25, -0.2) is 4.39 Å². The summed E-state index contributed by atoms with van der Waals surface area (Å²) >= 11 is 5.94. The van der Waals surface area contributed by atoms with E-state index in [0.717, 1.165) is 5.56 Å². The van der Waals surface area contributed by atoms with Crippen molar-refractivity contribution in [3.05, 3.63) is 64.4 Å². The van der Waals surface area contributed by atoms with Gasteiger partial charge in [-0.15, -0.1) is 0 Å². The zero-order valence-electron chi connectivity index (χ0n) is 13.4. The largest absolute Gasteiger partial charge is 0.481 e.